The van der Waals surface area contributed by atoms with Crippen LogP contribution in [0.5, 0.6) is 0 Å². The van der Waals surface area contributed by atoms with Gasteiger partial charge in [0.25, 0.3) is 5.69 Å². The number of carbonyl (C=O) groups is 3. The van der Waals surface area contributed by atoms with Gasteiger partial charge in [-0.1, -0.05) is 81.4 Å². The molecule has 0 saturated carbocycles. The summed E-state index contributed by atoms with van der Waals surface area (Å²) in [6.45, 7) is 7.65. The van der Waals surface area contributed by atoms with Crippen LogP contribution < -0.4 is 5.32 Å². The molecule has 4 aromatic rings. The number of ketones is 1. The zero-order chi connectivity index (χ0) is 31.8. The molecular formula is C34H33N3O6S. The largest absolute Gasteiger partial charge is 0.479 e. The number of amides is 2. The van der Waals surface area contributed by atoms with Crippen molar-refractivity contribution >= 4 is 40.5 Å². The van der Waals surface area contributed by atoms with Gasteiger partial charge in [0.15, 0.2) is 5.78 Å². The van der Waals surface area contributed by atoms with Crippen LogP contribution in [-0.4, -0.2) is 38.3 Å². The molecule has 4 unspecified atom stereocenters. The summed E-state index contributed by atoms with van der Waals surface area (Å²) in [6.07, 6.45) is 0. The van der Waals surface area contributed by atoms with E-state index in [0.717, 1.165) is 5.56 Å². The molecule has 10 heteroatoms. The van der Waals surface area contributed by atoms with Crippen LogP contribution in [0.3, 0.4) is 0 Å². The van der Waals surface area contributed by atoms with Gasteiger partial charge in [-0.15, -0.1) is 11.3 Å². The standard InChI is InChI=1S/C34H33N3O6S/c1-33(2,3)23-17-15-21(16-18-23)28-27(30(38)26-14-9-19-44-26)29(22-10-8-13-25(20-22)37(42)43)36(34(28,4)31(39)40)32(41)35-24-11-6-5-7-12-24/h5-20,27-29H,1-4H3,(H,35,41)(H,39,40). The molecule has 2 amide bonds. The third-order valence-electron chi connectivity index (χ3n) is 8.39. The quantitative estimate of drug-likeness (QED) is 0.125. The average molecular weight is 612 g/mol. The highest BCUT2D eigenvalue weighted by Crippen LogP contribution is 2.57. The van der Waals surface area contributed by atoms with Crippen molar-refractivity contribution in [2.75, 3.05) is 5.32 Å². The van der Waals surface area contributed by atoms with E-state index in [2.05, 4.69) is 26.1 Å². The molecule has 1 aliphatic heterocycles. The fourth-order valence-electron chi connectivity index (χ4n) is 6.19. The highest BCUT2D eigenvalue weighted by Gasteiger charge is 2.65. The highest BCUT2D eigenvalue weighted by atomic mass is 32.1. The zero-order valence-electron chi connectivity index (χ0n) is 24.8. The van der Waals surface area contributed by atoms with Crippen molar-refractivity contribution in [1.82, 2.24) is 4.90 Å². The van der Waals surface area contributed by atoms with Crippen LogP contribution in [0.25, 0.3) is 0 Å². The smallest absolute Gasteiger partial charge is 0.330 e. The molecule has 0 spiro atoms. The van der Waals surface area contributed by atoms with Gasteiger partial charge in [0.1, 0.15) is 5.54 Å². The minimum atomic E-state index is -1.94. The lowest BCUT2D eigenvalue weighted by molar-refractivity contribution is -0.385. The SMILES string of the molecule is CC(C)(C)c1ccc(C2C(C(=O)c3cccs3)C(c3cccc([N+](=O)[O-])c3)N(C(=O)Nc3ccccc3)C2(C)C(=O)O)cc1. The number of likely N-dealkylation sites (tertiary alicyclic amines) is 1. The number of carbonyl (C=O) groups excluding carboxylic acids is 2. The number of nitrogens with zero attached hydrogens (tertiary/aromatic N) is 2. The number of Topliss-reactive ketones (excluding diaryl/α,β-unsaturated/α-hetero) is 1. The van der Waals surface area contributed by atoms with Crippen LogP contribution >= 0.6 is 11.3 Å². The first kappa shape index (κ1) is 30.6. The van der Waals surface area contributed by atoms with Gasteiger partial charge in [-0.05, 0) is 52.6 Å². The van der Waals surface area contributed by atoms with Crippen molar-refractivity contribution in [3.8, 4) is 0 Å². The Bertz CT molecular complexity index is 1700. The summed E-state index contributed by atoms with van der Waals surface area (Å²) < 4.78 is 0. The molecule has 226 valence electrons. The molecule has 0 aliphatic carbocycles. The second-order valence-corrected chi connectivity index (χ2v) is 13.1. The second-order valence-electron chi connectivity index (χ2n) is 12.1. The molecule has 1 aromatic heterocycles. The second kappa shape index (κ2) is 11.7. The molecule has 2 N–H and O–H groups in total. The zero-order valence-corrected chi connectivity index (χ0v) is 25.6. The lowest BCUT2D eigenvalue weighted by Crippen LogP contribution is -2.55. The van der Waals surface area contributed by atoms with Crippen molar-refractivity contribution in [1.29, 1.82) is 0 Å². The molecule has 44 heavy (non-hydrogen) atoms. The number of hydrogen-bond donors (Lipinski definition) is 2. The van der Waals surface area contributed by atoms with Crippen molar-refractivity contribution in [2.45, 2.75) is 50.6 Å². The molecular weight excluding hydrogens is 578 g/mol. The molecule has 1 saturated heterocycles. The molecule has 1 fully saturated rings. The van der Waals surface area contributed by atoms with Gasteiger partial charge in [0.05, 0.1) is 21.8 Å². The Labute approximate surface area is 259 Å². The van der Waals surface area contributed by atoms with Crippen LogP contribution in [-0.2, 0) is 10.2 Å². The number of benzene rings is 3. The van der Waals surface area contributed by atoms with Crippen molar-refractivity contribution in [3.05, 3.63) is 128 Å². The summed E-state index contributed by atoms with van der Waals surface area (Å²) in [5, 5.41) is 27.4. The van der Waals surface area contributed by atoms with Crippen LogP contribution in [0.2, 0.25) is 0 Å². The molecule has 1 aliphatic rings. The monoisotopic (exact) mass is 611 g/mol. The number of thiophene rings is 1. The normalized spacial score (nSPS) is 21.5. The summed E-state index contributed by atoms with van der Waals surface area (Å²) in [5.74, 6) is -3.74. The number of non-ortho nitro benzene ring substituents is 1. The number of carboxylic acids is 1. The lowest BCUT2D eigenvalue weighted by atomic mass is 9.72. The molecule has 5 rings (SSSR count). The van der Waals surface area contributed by atoms with Crippen molar-refractivity contribution in [3.63, 3.8) is 0 Å². The molecule has 9 nitrogen and oxygen atoms in total. The number of nitro benzene ring substituents is 1. The lowest BCUT2D eigenvalue weighted by Gasteiger charge is -2.37. The number of nitrogens with one attached hydrogen (secondary N) is 1. The first-order valence-corrected chi connectivity index (χ1v) is 15.0. The van der Waals surface area contributed by atoms with E-state index in [1.807, 2.05) is 24.3 Å². The number of urea groups is 1. The van der Waals surface area contributed by atoms with E-state index < -0.39 is 40.3 Å². The third-order valence-corrected chi connectivity index (χ3v) is 9.27. The minimum absolute atomic E-state index is 0.177. The van der Waals surface area contributed by atoms with Gasteiger partial charge in [-0.25, -0.2) is 9.59 Å². The van der Waals surface area contributed by atoms with Gasteiger partial charge in [-0.2, -0.15) is 0 Å². The Morgan fingerprint density at radius 3 is 2.18 bits per heavy atom. The van der Waals surface area contributed by atoms with Crippen LogP contribution in [0.1, 0.15) is 66.0 Å². The van der Waals surface area contributed by atoms with Gasteiger partial charge in [-0.3, -0.25) is 19.8 Å². The van der Waals surface area contributed by atoms with Gasteiger partial charge in [0.2, 0.25) is 0 Å². The number of para-hydroxylation sites is 1. The molecule has 0 bridgehead atoms. The molecule has 2 heterocycles. The first-order chi connectivity index (χ1) is 20.8. The van der Waals surface area contributed by atoms with E-state index in [4.69, 9.17) is 0 Å². The van der Waals surface area contributed by atoms with Crippen molar-refractivity contribution in [2.24, 2.45) is 5.92 Å². The summed E-state index contributed by atoms with van der Waals surface area (Å²) in [7, 11) is 0. The number of nitro groups is 1. The summed E-state index contributed by atoms with van der Waals surface area (Å²) in [4.78, 5) is 55.1. The predicted molar refractivity (Wildman–Crippen MR) is 169 cm³/mol. The van der Waals surface area contributed by atoms with Crippen LogP contribution in [0.4, 0.5) is 16.2 Å². The average Bonchev–Trinajstić information content (AvgIpc) is 3.63. The van der Waals surface area contributed by atoms with Crippen LogP contribution in [0.15, 0.2) is 96.4 Å². The minimum Gasteiger partial charge on any atom is -0.479 e. The highest BCUT2D eigenvalue weighted by molar-refractivity contribution is 7.12. The molecule has 4 atom stereocenters. The fraction of sp³-hybridized carbons (Fsp3) is 0.265. The number of rotatable bonds is 7. The predicted octanol–water partition coefficient (Wildman–Crippen LogP) is 7.67. The Hall–Kier alpha value is -4.83. The number of aliphatic carboxylic acids is 1. The molecule has 0 radical (unpaired) electrons. The number of carboxylic acid groups (broad SMARTS) is 1. The Kier molecular flexibility index (Phi) is 8.13. The Morgan fingerprint density at radius 1 is 0.932 bits per heavy atom. The number of hydrogen-bond acceptors (Lipinski definition) is 6. The first-order valence-electron chi connectivity index (χ1n) is 14.2. The van der Waals surface area contributed by atoms with Gasteiger partial charge in [0, 0.05) is 23.7 Å². The van der Waals surface area contributed by atoms with Crippen LogP contribution in [0, 0.1) is 16.0 Å². The summed E-state index contributed by atoms with van der Waals surface area (Å²) in [6, 6.07) is 23.3. The third kappa shape index (κ3) is 5.48. The van der Waals surface area contributed by atoms with Gasteiger partial charge < -0.3 is 10.4 Å². The topological polar surface area (TPSA) is 130 Å². The van der Waals surface area contributed by atoms with E-state index in [9.17, 15) is 29.6 Å². The van der Waals surface area contributed by atoms with E-state index in [-0.39, 0.29) is 16.9 Å². The van der Waals surface area contributed by atoms with E-state index in [1.165, 1.54) is 41.4 Å². The maximum absolute atomic E-state index is 14.5. The van der Waals surface area contributed by atoms with Crippen molar-refractivity contribution < 1.29 is 24.4 Å². The van der Waals surface area contributed by atoms with E-state index >= 15 is 0 Å². The Morgan fingerprint density at radius 2 is 1.61 bits per heavy atom. The molecule has 3 aromatic carbocycles. The van der Waals surface area contributed by atoms with Gasteiger partial charge >= 0.3 is 12.0 Å². The van der Waals surface area contributed by atoms with E-state index in [0.29, 0.717) is 21.7 Å². The maximum Gasteiger partial charge on any atom is 0.330 e. The maximum atomic E-state index is 14.5. The van der Waals surface area contributed by atoms with E-state index in [1.54, 1.807) is 53.9 Å². The fourth-order valence-corrected chi connectivity index (χ4v) is 6.90. The summed E-state index contributed by atoms with van der Waals surface area (Å²) in [5.41, 5.74) is -0.0305. The summed E-state index contributed by atoms with van der Waals surface area (Å²) >= 11 is 1.22. The Balaban J connectivity index is 1.79. The number of anilines is 1.